The van der Waals surface area contributed by atoms with E-state index in [1.54, 1.807) is 29.2 Å². The lowest BCUT2D eigenvalue weighted by Gasteiger charge is -2.23. The molecule has 0 atom stereocenters. The zero-order chi connectivity index (χ0) is 27.8. The molecule has 206 valence electrons. The number of thiazole rings is 1. The molecule has 6 rings (SSSR count). The first-order chi connectivity index (χ1) is 19.4. The average molecular weight is 560 g/mol. The Bertz CT molecular complexity index is 1580. The highest BCUT2D eigenvalue weighted by Gasteiger charge is 2.31. The Kier molecular flexibility index (Phi) is 7.16. The summed E-state index contributed by atoms with van der Waals surface area (Å²) in [5.41, 5.74) is 4.79. The number of pyridine rings is 1. The average Bonchev–Trinajstić information content (AvgIpc) is 3.67. The third-order valence-electron chi connectivity index (χ3n) is 7.53. The summed E-state index contributed by atoms with van der Waals surface area (Å²) in [6, 6.07) is 8.87. The molecule has 2 aliphatic carbocycles. The van der Waals surface area contributed by atoms with Gasteiger partial charge in [-0.15, -0.1) is 0 Å². The number of likely N-dealkylation sites (N-methyl/N-ethyl adjacent to an activating group) is 1. The van der Waals surface area contributed by atoms with Crippen LogP contribution < -0.4 is 10.6 Å². The maximum absolute atomic E-state index is 15.7. The van der Waals surface area contributed by atoms with Crippen molar-refractivity contribution in [3.63, 3.8) is 0 Å². The molecule has 0 unspecified atom stereocenters. The van der Waals surface area contributed by atoms with Crippen molar-refractivity contribution >= 4 is 34.0 Å². The Morgan fingerprint density at radius 1 is 1.18 bits per heavy atom. The van der Waals surface area contributed by atoms with Crippen molar-refractivity contribution in [3.8, 4) is 27.5 Å². The van der Waals surface area contributed by atoms with Gasteiger partial charge in [0, 0.05) is 42.2 Å². The zero-order valence-electron chi connectivity index (χ0n) is 22.4. The van der Waals surface area contributed by atoms with Crippen LogP contribution in [0.2, 0.25) is 0 Å². The number of aromatic nitrogens is 4. The minimum atomic E-state index is -0.510. The SMILES string of the molecule is CC(=O)Nc1nc2c(s1)-c1c(c(-c3cccnc3)nn1-c1ccc(NC(=O)CN(C)C3CCCC3)cc1F)CC2. The topological polar surface area (TPSA) is 105 Å². The summed E-state index contributed by atoms with van der Waals surface area (Å²) >= 11 is 1.35. The van der Waals surface area contributed by atoms with Gasteiger partial charge in [0.1, 0.15) is 5.69 Å². The number of carbonyl (C=O) groups excluding carboxylic acids is 2. The van der Waals surface area contributed by atoms with Gasteiger partial charge in [-0.05, 0) is 63.1 Å². The van der Waals surface area contributed by atoms with E-state index in [0.717, 1.165) is 45.9 Å². The molecule has 2 aliphatic rings. The van der Waals surface area contributed by atoms with Crippen molar-refractivity contribution in [3.05, 3.63) is 59.8 Å². The number of aryl methyl sites for hydroxylation is 1. The van der Waals surface area contributed by atoms with Crippen LogP contribution in [0, 0.1) is 5.82 Å². The Labute approximate surface area is 235 Å². The summed E-state index contributed by atoms with van der Waals surface area (Å²) < 4.78 is 17.3. The summed E-state index contributed by atoms with van der Waals surface area (Å²) in [6.45, 7) is 1.71. The molecule has 1 aromatic carbocycles. The monoisotopic (exact) mass is 559 g/mol. The van der Waals surface area contributed by atoms with Crippen LogP contribution in [0.15, 0.2) is 42.7 Å². The molecule has 11 heteroatoms. The molecule has 2 amide bonds. The molecule has 9 nitrogen and oxygen atoms in total. The van der Waals surface area contributed by atoms with Gasteiger partial charge in [-0.1, -0.05) is 24.2 Å². The van der Waals surface area contributed by atoms with Gasteiger partial charge < -0.3 is 10.6 Å². The highest BCUT2D eigenvalue weighted by molar-refractivity contribution is 7.19. The Hall–Kier alpha value is -3.96. The number of fused-ring (bicyclic) bond motifs is 3. The van der Waals surface area contributed by atoms with Crippen LogP contribution in [0.4, 0.5) is 15.2 Å². The van der Waals surface area contributed by atoms with Crippen LogP contribution >= 0.6 is 11.3 Å². The van der Waals surface area contributed by atoms with Crippen molar-refractivity contribution in [2.24, 2.45) is 0 Å². The number of amides is 2. The summed E-state index contributed by atoms with van der Waals surface area (Å²) in [6.07, 6.45) is 9.40. The molecular formula is C29H30FN7O2S. The molecule has 3 heterocycles. The second kappa shape index (κ2) is 10.9. The van der Waals surface area contributed by atoms with E-state index in [-0.39, 0.29) is 24.0 Å². The lowest BCUT2D eigenvalue weighted by atomic mass is 9.95. The summed E-state index contributed by atoms with van der Waals surface area (Å²) in [5, 5.41) is 11.0. The maximum atomic E-state index is 15.7. The summed E-state index contributed by atoms with van der Waals surface area (Å²) in [7, 11) is 1.96. The molecule has 3 aromatic heterocycles. The van der Waals surface area contributed by atoms with Crippen molar-refractivity contribution in [2.75, 3.05) is 24.2 Å². The second-order valence-electron chi connectivity index (χ2n) is 10.4. The highest BCUT2D eigenvalue weighted by Crippen LogP contribution is 2.44. The van der Waals surface area contributed by atoms with Gasteiger partial charge in [0.2, 0.25) is 11.8 Å². The van der Waals surface area contributed by atoms with E-state index in [1.807, 2.05) is 19.2 Å². The van der Waals surface area contributed by atoms with Crippen molar-refractivity contribution in [1.29, 1.82) is 0 Å². The predicted octanol–water partition coefficient (Wildman–Crippen LogP) is 5.07. The lowest BCUT2D eigenvalue weighted by Crippen LogP contribution is -2.36. The fourth-order valence-corrected chi connectivity index (χ4v) is 6.76. The normalized spacial score (nSPS) is 14.7. The van der Waals surface area contributed by atoms with Gasteiger partial charge in [-0.2, -0.15) is 5.10 Å². The molecule has 0 saturated heterocycles. The number of halogens is 1. The maximum Gasteiger partial charge on any atom is 0.238 e. The minimum Gasteiger partial charge on any atom is -0.325 e. The van der Waals surface area contributed by atoms with E-state index in [4.69, 9.17) is 5.10 Å². The molecule has 4 aromatic rings. The van der Waals surface area contributed by atoms with Crippen LogP contribution in [0.1, 0.15) is 43.9 Å². The number of rotatable bonds is 7. The smallest absolute Gasteiger partial charge is 0.238 e. The predicted molar refractivity (Wildman–Crippen MR) is 153 cm³/mol. The van der Waals surface area contributed by atoms with Crippen LogP contribution in [-0.2, 0) is 22.4 Å². The van der Waals surface area contributed by atoms with Crippen molar-refractivity contribution < 1.29 is 14.0 Å². The van der Waals surface area contributed by atoms with E-state index < -0.39 is 5.82 Å². The quantitative estimate of drug-likeness (QED) is 0.328. The van der Waals surface area contributed by atoms with Crippen molar-refractivity contribution in [2.45, 2.75) is 51.5 Å². The van der Waals surface area contributed by atoms with Gasteiger partial charge >= 0.3 is 0 Å². The second-order valence-corrected chi connectivity index (χ2v) is 11.4. The molecule has 0 radical (unpaired) electrons. The minimum absolute atomic E-state index is 0.170. The first-order valence-corrected chi connectivity index (χ1v) is 14.3. The largest absolute Gasteiger partial charge is 0.325 e. The number of nitrogens with one attached hydrogen (secondary N) is 2. The number of hydrogen-bond donors (Lipinski definition) is 2. The molecule has 0 spiro atoms. The number of benzene rings is 1. The van der Waals surface area contributed by atoms with Gasteiger partial charge in [-0.3, -0.25) is 19.5 Å². The van der Waals surface area contributed by atoms with Crippen LogP contribution in [-0.4, -0.2) is 56.1 Å². The molecule has 2 N–H and O–H groups in total. The zero-order valence-corrected chi connectivity index (χ0v) is 23.2. The molecule has 0 aliphatic heterocycles. The Morgan fingerprint density at radius 3 is 2.73 bits per heavy atom. The van der Waals surface area contributed by atoms with Crippen LogP contribution in [0.5, 0.6) is 0 Å². The molecule has 1 fully saturated rings. The highest BCUT2D eigenvalue weighted by atomic mass is 32.1. The fraction of sp³-hybridized carbons (Fsp3) is 0.345. The number of carbonyl (C=O) groups is 2. The third kappa shape index (κ3) is 5.14. The first-order valence-electron chi connectivity index (χ1n) is 13.5. The van der Waals surface area contributed by atoms with Crippen LogP contribution in [0.3, 0.4) is 0 Å². The number of nitrogens with zero attached hydrogens (tertiary/aromatic N) is 5. The van der Waals surface area contributed by atoms with E-state index >= 15 is 4.39 Å². The standard InChI is InChI=1S/C29H30FN7O2S/c1-17(38)32-29-34-23-11-10-21-26(18-6-5-13-31-15-18)35-37(27(21)28(23)40-29)24-12-9-19(14-22(24)30)33-25(39)16-36(2)20-7-3-4-8-20/h5-6,9,12-15,20H,3-4,7-8,10-11,16H2,1-2H3,(H,33,39)(H,32,34,38). The Balaban J connectivity index is 1.34. The molecule has 40 heavy (non-hydrogen) atoms. The molecule has 1 saturated carbocycles. The van der Waals surface area contributed by atoms with Gasteiger partial charge in [0.25, 0.3) is 0 Å². The number of hydrogen-bond acceptors (Lipinski definition) is 7. The van der Waals surface area contributed by atoms with Gasteiger partial charge in [0.15, 0.2) is 10.9 Å². The van der Waals surface area contributed by atoms with Crippen molar-refractivity contribution in [1.82, 2.24) is 24.6 Å². The van der Waals surface area contributed by atoms with Crippen LogP contribution in [0.25, 0.3) is 27.5 Å². The van der Waals surface area contributed by atoms with E-state index in [9.17, 15) is 9.59 Å². The number of anilines is 2. The first kappa shape index (κ1) is 26.3. The molecular weight excluding hydrogens is 529 g/mol. The fourth-order valence-electron chi connectivity index (χ4n) is 5.64. The Morgan fingerprint density at radius 2 is 2.00 bits per heavy atom. The summed E-state index contributed by atoms with van der Waals surface area (Å²) in [4.78, 5) is 36.1. The van der Waals surface area contributed by atoms with E-state index in [2.05, 4.69) is 25.5 Å². The van der Waals surface area contributed by atoms with Gasteiger partial charge in [0.05, 0.1) is 28.5 Å². The molecule has 0 bridgehead atoms. The summed E-state index contributed by atoms with van der Waals surface area (Å²) in [5.74, 6) is -0.880. The third-order valence-corrected chi connectivity index (χ3v) is 8.55. The van der Waals surface area contributed by atoms with E-state index in [0.29, 0.717) is 29.7 Å². The lowest BCUT2D eigenvalue weighted by molar-refractivity contribution is -0.117. The van der Waals surface area contributed by atoms with E-state index in [1.165, 1.54) is 37.2 Å². The van der Waals surface area contributed by atoms with Gasteiger partial charge in [-0.25, -0.2) is 14.1 Å².